The first kappa shape index (κ1) is 20.2. The van der Waals surface area contributed by atoms with E-state index in [0.29, 0.717) is 0 Å². The van der Waals surface area contributed by atoms with Gasteiger partial charge in [0.2, 0.25) is 0 Å². The first-order valence-corrected chi connectivity index (χ1v) is 10.1. The molecule has 1 aromatic carbocycles. The van der Waals surface area contributed by atoms with E-state index in [0.717, 1.165) is 0 Å². The van der Waals surface area contributed by atoms with Crippen LogP contribution in [0.5, 0.6) is 0 Å². The van der Waals surface area contributed by atoms with Gasteiger partial charge in [-0.25, -0.2) is 0 Å². The SMILES string of the molecule is CCCN(CCC)CCCCCCCCCCc1ccccc1. The smallest absolute Gasteiger partial charge is 0.00187 e. The molecule has 0 amide bonds. The number of hydrogen-bond acceptors (Lipinski definition) is 1. The Balaban J connectivity index is 1.86. The zero-order valence-corrected chi connectivity index (χ0v) is 15.7. The van der Waals surface area contributed by atoms with Crippen LogP contribution in [0.4, 0.5) is 0 Å². The van der Waals surface area contributed by atoms with E-state index in [4.69, 9.17) is 0 Å². The summed E-state index contributed by atoms with van der Waals surface area (Å²) < 4.78 is 0. The van der Waals surface area contributed by atoms with Crippen LogP contribution in [0.2, 0.25) is 0 Å². The van der Waals surface area contributed by atoms with Crippen molar-refractivity contribution in [2.45, 2.75) is 84.5 Å². The summed E-state index contributed by atoms with van der Waals surface area (Å²) in [6, 6.07) is 10.9. The summed E-state index contributed by atoms with van der Waals surface area (Å²) in [7, 11) is 0. The van der Waals surface area contributed by atoms with Crippen LogP contribution in [0, 0.1) is 0 Å². The molecule has 0 aliphatic heterocycles. The maximum atomic E-state index is 2.64. The van der Waals surface area contributed by atoms with Crippen molar-refractivity contribution in [3.8, 4) is 0 Å². The molecule has 0 aromatic heterocycles. The lowest BCUT2D eigenvalue weighted by Crippen LogP contribution is -2.26. The van der Waals surface area contributed by atoms with Gasteiger partial charge in [0.25, 0.3) is 0 Å². The number of unbranched alkanes of at least 4 members (excludes halogenated alkanes) is 7. The zero-order chi connectivity index (χ0) is 16.6. The van der Waals surface area contributed by atoms with Crippen LogP contribution in [0.25, 0.3) is 0 Å². The van der Waals surface area contributed by atoms with Gasteiger partial charge in [0.1, 0.15) is 0 Å². The Morgan fingerprint density at radius 2 is 1.13 bits per heavy atom. The van der Waals surface area contributed by atoms with Crippen LogP contribution in [-0.2, 0) is 6.42 Å². The molecule has 1 nitrogen and oxygen atoms in total. The van der Waals surface area contributed by atoms with Gasteiger partial charge >= 0.3 is 0 Å². The fourth-order valence-electron chi connectivity index (χ4n) is 3.34. The van der Waals surface area contributed by atoms with Gasteiger partial charge in [0, 0.05) is 0 Å². The molecule has 0 saturated carbocycles. The Bertz CT molecular complexity index is 340. The van der Waals surface area contributed by atoms with E-state index in [-0.39, 0.29) is 0 Å². The topological polar surface area (TPSA) is 3.24 Å². The summed E-state index contributed by atoms with van der Waals surface area (Å²) in [6.07, 6.45) is 15.1. The number of rotatable bonds is 15. The fraction of sp³-hybridized carbons (Fsp3) is 0.727. The van der Waals surface area contributed by atoms with E-state index in [2.05, 4.69) is 49.1 Å². The summed E-state index contributed by atoms with van der Waals surface area (Å²) in [6.45, 7) is 8.48. The minimum atomic E-state index is 1.26. The maximum Gasteiger partial charge on any atom is -0.00187 e. The van der Waals surface area contributed by atoms with Gasteiger partial charge in [0.15, 0.2) is 0 Å². The molecule has 0 atom stereocenters. The highest BCUT2D eigenvalue weighted by atomic mass is 15.1. The van der Waals surface area contributed by atoms with Gasteiger partial charge in [-0.05, 0) is 57.3 Å². The Morgan fingerprint density at radius 1 is 0.609 bits per heavy atom. The molecule has 1 aromatic rings. The quantitative estimate of drug-likeness (QED) is 0.335. The molecule has 0 aliphatic carbocycles. The van der Waals surface area contributed by atoms with Gasteiger partial charge < -0.3 is 4.90 Å². The average Bonchev–Trinajstić information content (AvgIpc) is 2.58. The van der Waals surface area contributed by atoms with E-state index >= 15 is 0 Å². The van der Waals surface area contributed by atoms with Gasteiger partial charge in [-0.3, -0.25) is 0 Å². The van der Waals surface area contributed by atoms with E-state index in [1.807, 2.05) is 0 Å². The van der Waals surface area contributed by atoms with Crippen LogP contribution in [0.15, 0.2) is 30.3 Å². The summed E-state index contributed by atoms with van der Waals surface area (Å²) in [5, 5.41) is 0. The molecule has 0 bridgehead atoms. The molecule has 1 heteroatoms. The average molecular weight is 318 g/mol. The second-order valence-corrected chi connectivity index (χ2v) is 6.91. The third kappa shape index (κ3) is 11.4. The summed E-state index contributed by atoms with van der Waals surface area (Å²) >= 11 is 0. The second kappa shape index (κ2) is 14.8. The number of aryl methyl sites for hydroxylation is 1. The maximum absolute atomic E-state index is 2.64. The highest BCUT2D eigenvalue weighted by molar-refractivity contribution is 5.14. The summed E-state index contributed by atoms with van der Waals surface area (Å²) in [4.78, 5) is 2.64. The monoisotopic (exact) mass is 317 g/mol. The zero-order valence-electron chi connectivity index (χ0n) is 15.7. The molecule has 0 unspecified atom stereocenters. The van der Waals surface area contributed by atoms with Crippen LogP contribution in [-0.4, -0.2) is 24.5 Å². The first-order valence-electron chi connectivity index (χ1n) is 10.1. The van der Waals surface area contributed by atoms with Crippen molar-refractivity contribution >= 4 is 0 Å². The van der Waals surface area contributed by atoms with Crippen LogP contribution in [0.1, 0.15) is 83.6 Å². The van der Waals surface area contributed by atoms with Crippen molar-refractivity contribution in [3.05, 3.63) is 35.9 Å². The minimum absolute atomic E-state index is 1.26. The molecule has 0 heterocycles. The van der Waals surface area contributed by atoms with E-state index in [9.17, 15) is 0 Å². The van der Waals surface area contributed by atoms with Crippen LogP contribution in [0.3, 0.4) is 0 Å². The van der Waals surface area contributed by atoms with E-state index in [1.54, 1.807) is 0 Å². The third-order valence-electron chi connectivity index (χ3n) is 4.61. The van der Waals surface area contributed by atoms with E-state index in [1.165, 1.54) is 95.8 Å². The highest BCUT2D eigenvalue weighted by Crippen LogP contribution is 2.11. The van der Waals surface area contributed by atoms with Crippen LogP contribution < -0.4 is 0 Å². The summed E-state index contributed by atoms with van der Waals surface area (Å²) in [5.41, 5.74) is 1.50. The summed E-state index contributed by atoms with van der Waals surface area (Å²) in [5.74, 6) is 0. The predicted molar refractivity (Wildman–Crippen MR) is 104 cm³/mol. The molecular weight excluding hydrogens is 278 g/mol. The number of hydrogen-bond donors (Lipinski definition) is 0. The van der Waals surface area contributed by atoms with E-state index < -0.39 is 0 Å². The molecule has 1 rings (SSSR count). The van der Waals surface area contributed by atoms with Crippen molar-refractivity contribution in [2.24, 2.45) is 0 Å². The molecule has 0 N–H and O–H groups in total. The van der Waals surface area contributed by atoms with Gasteiger partial charge in [-0.15, -0.1) is 0 Å². The molecule has 0 radical (unpaired) electrons. The largest absolute Gasteiger partial charge is 0.303 e. The fourth-order valence-corrected chi connectivity index (χ4v) is 3.34. The normalized spacial score (nSPS) is 11.3. The van der Waals surface area contributed by atoms with Gasteiger partial charge in [-0.2, -0.15) is 0 Å². The van der Waals surface area contributed by atoms with Crippen molar-refractivity contribution in [1.82, 2.24) is 4.90 Å². The molecule has 132 valence electrons. The Kier molecular flexibility index (Phi) is 13.0. The van der Waals surface area contributed by atoms with Crippen molar-refractivity contribution < 1.29 is 0 Å². The molecule has 0 spiro atoms. The molecular formula is C22H39N. The molecule has 0 saturated heterocycles. The number of nitrogens with zero attached hydrogens (tertiary/aromatic N) is 1. The molecule has 0 aliphatic rings. The van der Waals surface area contributed by atoms with Crippen molar-refractivity contribution in [2.75, 3.05) is 19.6 Å². The second-order valence-electron chi connectivity index (χ2n) is 6.91. The Morgan fingerprint density at radius 3 is 1.70 bits per heavy atom. The Labute approximate surface area is 145 Å². The lowest BCUT2D eigenvalue weighted by Gasteiger charge is -2.20. The molecule has 0 fully saturated rings. The lowest BCUT2D eigenvalue weighted by atomic mass is 10.0. The van der Waals surface area contributed by atoms with Gasteiger partial charge in [0.05, 0.1) is 0 Å². The Hall–Kier alpha value is -0.820. The van der Waals surface area contributed by atoms with Crippen molar-refractivity contribution in [3.63, 3.8) is 0 Å². The minimum Gasteiger partial charge on any atom is -0.303 e. The van der Waals surface area contributed by atoms with Crippen LogP contribution >= 0.6 is 0 Å². The highest BCUT2D eigenvalue weighted by Gasteiger charge is 2.01. The standard InChI is InChI=1S/C22H39N/c1-3-19-23(20-4-2)21-15-10-8-6-5-7-9-12-16-22-17-13-11-14-18-22/h11,13-14,17-18H,3-10,12,15-16,19-21H2,1-2H3. The van der Waals surface area contributed by atoms with Crippen molar-refractivity contribution in [1.29, 1.82) is 0 Å². The number of benzene rings is 1. The lowest BCUT2D eigenvalue weighted by molar-refractivity contribution is 0.267. The molecule has 23 heavy (non-hydrogen) atoms. The third-order valence-corrected chi connectivity index (χ3v) is 4.61. The predicted octanol–water partition coefficient (Wildman–Crippen LogP) is 6.47. The van der Waals surface area contributed by atoms with Gasteiger partial charge in [-0.1, -0.05) is 82.7 Å². The first-order chi connectivity index (χ1) is 11.4.